The van der Waals surface area contributed by atoms with Crippen LogP contribution >= 0.6 is 11.3 Å². The number of cyclic esters (lactones) is 1. The lowest BCUT2D eigenvalue weighted by Gasteiger charge is -2.41. The Bertz CT molecular complexity index is 1860. The molecule has 1 aromatic rings. The number of amides is 1. The van der Waals surface area contributed by atoms with Crippen LogP contribution in [0.25, 0.3) is 0 Å². The van der Waals surface area contributed by atoms with Crippen LogP contribution < -0.4 is 5.32 Å². The number of aromatic nitrogens is 1. The third-order valence-corrected chi connectivity index (χ3v) is 12.1. The smallest absolute Gasteiger partial charge is 0.407 e. The van der Waals surface area contributed by atoms with Crippen molar-refractivity contribution in [1.82, 2.24) is 10.3 Å². The summed E-state index contributed by atoms with van der Waals surface area (Å²) in [6.07, 6.45) is 6.38. The number of methoxy groups -OCH3 is 1. The number of esters is 1. The van der Waals surface area contributed by atoms with E-state index in [2.05, 4.69) is 5.32 Å². The summed E-state index contributed by atoms with van der Waals surface area (Å²) in [6, 6.07) is 0. The van der Waals surface area contributed by atoms with Crippen molar-refractivity contribution in [3.8, 4) is 0 Å². The van der Waals surface area contributed by atoms with Crippen LogP contribution in [0.1, 0.15) is 105 Å². The average molecular weight is 901 g/mol. The molecule has 3 heterocycles. The number of ether oxygens (including phenoxy) is 5. The summed E-state index contributed by atoms with van der Waals surface area (Å²) in [5.41, 5.74) is 4.36. The Balaban J connectivity index is 2.14. The van der Waals surface area contributed by atoms with Crippen molar-refractivity contribution in [2.24, 2.45) is 23.7 Å². The summed E-state index contributed by atoms with van der Waals surface area (Å²) in [5.74, 6) is -1.37. The fourth-order valence-corrected chi connectivity index (χ4v) is 8.29. The van der Waals surface area contributed by atoms with Crippen LogP contribution in [0.3, 0.4) is 0 Å². The molecule has 0 saturated carbocycles. The van der Waals surface area contributed by atoms with Gasteiger partial charge in [0.25, 0.3) is 0 Å². The number of hydrogen-bond acceptors (Lipinski definition) is 14. The Kier molecular flexibility index (Phi) is 21.8. The van der Waals surface area contributed by atoms with Gasteiger partial charge in [-0.15, -0.1) is 11.3 Å². The summed E-state index contributed by atoms with van der Waals surface area (Å²) in [5, 5.41) is 57.7. The van der Waals surface area contributed by atoms with Gasteiger partial charge in [0.1, 0.15) is 29.4 Å². The highest BCUT2D eigenvalue weighted by atomic mass is 32.1. The maximum absolute atomic E-state index is 13.7. The second kappa shape index (κ2) is 25.6. The first-order valence-electron chi connectivity index (χ1n) is 21.7. The molecule has 0 unspecified atom stereocenters. The highest BCUT2D eigenvalue weighted by molar-refractivity contribution is 7.09. The van der Waals surface area contributed by atoms with Gasteiger partial charge < -0.3 is 54.5 Å². The van der Waals surface area contributed by atoms with E-state index in [1.54, 1.807) is 26.2 Å². The second-order valence-corrected chi connectivity index (χ2v) is 18.2. The first-order chi connectivity index (χ1) is 29.7. The fourth-order valence-electron chi connectivity index (χ4n) is 7.41. The van der Waals surface area contributed by atoms with Crippen LogP contribution in [0.2, 0.25) is 0 Å². The number of thiazole rings is 1. The number of carbonyl (C=O) groups excluding carboxylic acids is 2. The van der Waals surface area contributed by atoms with Crippen LogP contribution in [0.5, 0.6) is 0 Å². The zero-order chi connectivity index (χ0) is 47.1. The minimum Gasteiger partial charge on any atom is -0.452 e. The maximum atomic E-state index is 13.7. The Labute approximate surface area is 377 Å². The predicted molar refractivity (Wildman–Crippen MR) is 243 cm³/mol. The molecule has 1 aromatic heterocycles. The molecule has 1 amide bonds. The summed E-state index contributed by atoms with van der Waals surface area (Å²) >= 11 is 1.33. The number of nitrogens with zero attached hydrogens (tertiary/aromatic N) is 1. The molecular formula is C48H72N2O12S. The molecule has 63 heavy (non-hydrogen) atoms. The van der Waals surface area contributed by atoms with E-state index < -0.39 is 85.8 Å². The van der Waals surface area contributed by atoms with Crippen molar-refractivity contribution < 1.29 is 58.8 Å². The van der Waals surface area contributed by atoms with Crippen molar-refractivity contribution in [3.05, 3.63) is 98.6 Å². The Morgan fingerprint density at radius 1 is 0.984 bits per heavy atom. The van der Waals surface area contributed by atoms with Gasteiger partial charge in [-0.05, 0) is 59.0 Å². The van der Waals surface area contributed by atoms with Crippen LogP contribution in [-0.4, -0.2) is 112 Å². The number of rotatable bonds is 9. The van der Waals surface area contributed by atoms with Gasteiger partial charge in [0.05, 0.1) is 30.6 Å². The number of hydrogen-bond donors (Lipinski definition) is 6. The fraction of sp³-hybridized carbons (Fsp3) is 0.604. The molecular weight excluding hydrogens is 829 g/mol. The van der Waals surface area contributed by atoms with Gasteiger partial charge in [0.15, 0.2) is 18.5 Å². The Morgan fingerprint density at radius 3 is 2.32 bits per heavy atom. The van der Waals surface area contributed by atoms with E-state index in [0.717, 1.165) is 22.3 Å². The Hall–Kier alpha value is -3.77. The highest BCUT2D eigenvalue weighted by Gasteiger charge is 2.45. The molecule has 0 radical (unpaired) electrons. The molecule has 0 bridgehead atoms. The molecule has 0 aliphatic carbocycles. The first-order valence-corrected chi connectivity index (χ1v) is 22.5. The molecule has 15 heteroatoms. The summed E-state index contributed by atoms with van der Waals surface area (Å²) in [4.78, 5) is 30.9. The minimum atomic E-state index is -1.62. The van der Waals surface area contributed by atoms with Gasteiger partial charge in [-0.3, -0.25) is 0 Å². The van der Waals surface area contributed by atoms with Gasteiger partial charge in [0.2, 0.25) is 0 Å². The molecule has 2 aliphatic rings. The molecule has 1 fully saturated rings. The zero-order valence-electron chi connectivity index (χ0n) is 38.9. The largest absolute Gasteiger partial charge is 0.452 e. The molecule has 0 aromatic carbocycles. The van der Waals surface area contributed by atoms with Gasteiger partial charge in [0, 0.05) is 42.9 Å². The van der Waals surface area contributed by atoms with E-state index in [-0.39, 0.29) is 17.8 Å². The van der Waals surface area contributed by atoms with Crippen LogP contribution in [0, 0.1) is 23.7 Å². The van der Waals surface area contributed by atoms with E-state index >= 15 is 0 Å². The molecule has 1 saturated heterocycles. The number of alkyl carbamates (subject to hydrolysis) is 1. The van der Waals surface area contributed by atoms with Crippen molar-refractivity contribution in [3.63, 3.8) is 0 Å². The van der Waals surface area contributed by atoms with E-state index in [0.29, 0.717) is 29.1 Å². The molecule has 2 aliphatic heterocycles. The number of aliphatic hydroxyl groups excluding tert-OH is 5. The van der Waals surface area contributed by atoms with Crippen molar-refractivity contribution in [2.45, 2.75) is 143 Å². The van der Waals surface area contributed by atoms with Crippen molar-refractivity contribution >= 4 is 23.4 Å². The lowest BCUT2D eigenvalue weighted by molar-refractivity contribution is -0.311. The van der Waals surface area contributed by atoms with E-state index in [1.807, 2.05) is 110 Å². The molecule has 14 nitrogen and oxygen atoms in total. The third kappa shape index (κ3) is 16.0. The minimum absolute atomic E-state index is 0.203. The van der Waals surface area contributed by atoms with Crippen LogP contribution in [0.15, 0.2) is 87.9 Å². The lowest BCUT2D eigenvalue weighted by atomic mass is 9.91. The molecule has 3 rings (SSSR count). The first kappa shape index (κ1) is 53.6. The van der Waals surface area contributed by atoms with Crippen molar-refractivity contribution in [2.75, 3.05) is 20.8 Å². The van der Waals surface area contributed by atoms with Crippen LogP contribution in [-0.2, 0) is 28.5 Å². The number of allylic oxidation sites excluding steroid dienone is 8. The normalized spacial score (nSPS) is 36.9. The topological polar surface area (TPSA) is 206 Å². The highest BCUT2D eigenvalue weighted by Crippen LogP contribution is 2.35. The molecule has 6 N–H and O–H groups in total. The van der Waals surface area contributed by atoms with Gasteiger partial charge >= 0.3 is 12.1 Å². The zero-order valence-corrected chi connectivity index (χ0v) is 39.7. The second-order valence-electron chi connectivity index (χ2n) is 17.3. The average Bonchev–Trinajstić information content (AvgIpc) is 3.72. The number of carbonyl (C=O) groups is 2. The Morgan fingerprint density at radius 2 is 1.68 bits per heavy atom. The van der Waals surface area contributed by atoms with Crippen molar-refractivity contribution in [1.29, 1.82) is 0 Å². The molecule has 0 spiro atoms. The van der Waals surface area contributed by atoms with Gasteiger partial charge in [-0.1, -0.05) is 106 Å². The maximum Gasteiger partial charge on any atom is 0.407 e. The lowest BCUT2D eigenvalue weighted by Crippen LogP contribution is -2.60. The third-order valence-electron chi connectivity index (χ3n) is 11.1. The predicted octanol–water partition coefficient (Wildman–Crippen LogP) is 6.89. The number of nitrogens with one attached hydrogen (secondary N) is 1. The van der Waals surface area contributed by atoms with Crippen LogP contribution in [0.4, 0.5) is 4.79 Å². The molecule has 13 atom stereocenters. The monoisotopic (exact) mass is 900 g/mol. The van der Waals surface area contributed by atoms with E-state index in [4.69, 9.17) is 28.7 Å². The van der Waals surface area contributed by atoms with E-state index in [9.17, 15) is 35.1 Å². The summed E-state index contributed by atoms with van der Waals surface area (Å²) in [7, 11) is 3.07. The van der Waals surface area contributed by atoms with Gasteiger partial charge in [-0.2, -0.15) is 0 Å². The summed E-state index contributed by atoms with van der Waals surface area (Å²) < 4.78 is 30.0. The van der Waals surface area contributed by atoms with Gasteiger partial charge in [-0.25, -0.2) is 14.6 Å². The quantitative estimate of drug-likeness (QED) is 0.111. The molecule has 352 valence electrons. The summed E-state index contributed by atoms with van der Waals surface area (Å²) in [6.45, 7) is 18.6. The standard InChI is InChI=1S/C48H72N2O12S/c1-26(2)20-38(61-48(57)49-11)45-50-35(25-63-45)44-31(7)15-13-14-30(6)43(58-12)34(10)37(59-47-42(55)41(54)40(53)39(24-51)60-47)19-17-27(3)21-29(5)22-33(9)36(52)23-28(4)16-18-32(8)46(56)62-44/h13-15,17-19,21-23,25-26,31,33-34,36-44,47,51-55H,16,20,24H2,1-12H3,(H,49,57)/b15-13+,19-17+,27-21-,28-23+,29-22-,30-14+,32-18+/t31-,33-,34-,36+,37+,38-,39+,40+,41-,42+,43+,44-,47+/m0/s1. The SMILES string of the molecule is CNC(=O)O[C@@H](CC(C)C)c1nc([C@H]2OC(=O)/C(C)=C/C/C(C)=C/[C@@H](O)[C@@H](C)\C=C(C)/C=C(C)\C=C\[C@@H](O[C@@H]3O[C@H](CO)[C@@H](O)[C@H](O)[C@H]3O)[C@H](C)[C@H](OC)/C(C)=C/C=C/[C@@H]2C)cs1. The number of aliphatic hydroxyl groups is 5. The van der Waals surface area contributed by atoms with E-state index in [1.165, 1.54) is 18.4 Å².